The second-order valence-electron chi connectivity index (χ2n) is 5.46. The van der Waals surface area contributed by atoms with Crippen LogP contribution in [0.15, 0.2) is 12.4 Å². The smallest absolute Gasteiger partial charge is 0.281 e. The summed E-state index contributed by atoms with van der Waals surface area (Å²) in [5.41, 5.74) is 0.897. The largest absolute Gasteiger partial charge is 0.372 e. The molecule has 1 atom stereocenters. The fourth-order valence-corrected chi connectivity index (χ4v) is 3.85. The molecule has 1 saturated heterocycles. The van der Waals surface area contributed by atoms with E-state index in [1.165, 1.54) is 4.31 Å². The quantitative estimate of drug-likeness (QED) is 0.860. The molecule has 1 N–H and O–H groups in total. The Bertz CT molecular complexity index is 576. The molecule has 7 nitrogen and oxygen atoms in total. The molecule has 0 bridgehead atoms. The molecule has 1 aliphatic heterocycles. The maximum atomic E-state index is 12.2. The molecule has 0 saturated carbocycles. The lowest BCUT2D eigenvalue weighted by Gasteiger charge is -2.33. The molecule has 1 aromatic heterocycles. The van der Waals surface area contributed by atoms with E-state index in [1.807, 2.05) is 7.05 Å². The lowest BCUT2D eigenvalue weighted by molar-refractivity contribution is 0.253. The van der Waals surface area contributed by atoms with Crippen LogP contribution in [0, 0.1) is 5.92 Å². The number of hydrogen-bond acceptors (Lipinski definition) is 5. The second-order valence-corrected chi connectivity index (χ2v) is 7.60. The molecule has 2 rings (SSSR count). The predicted octanol–water partition coefficient (Wildman–Crippen LogP) is 0.579. The van der Waals surface area contributed by atoms with Crippen molar-refractivity contribution >= 4 is 16.0 Å². The Hall–Kier alpha value is -1.25. The van der Waals surface area contributed by atoms with E-state index >= 15 is 0 Å². The molecule has 0 aromatic carbocycles. The maximum absolute atomic E-state index is 12.2. The Morgan fingerprint density at radius 3 is 2.76 bits per heavy atom. The number of nitrogens with one attached hydrogen (secondary N) is 1. The number of rotatable bonds is 5. The Kier molecular flexibility index (Phi) is 5.13. The van der Waals surface area contributed by atoms with Gasteiger partial charge in [0.2, 0.25) is 0 Å². The van der Waals surface area contributed by atoms with Gasteiger partial charge in [-0.1, -0.05) is 0 Å². The standard InChI is InChI=1S/C13H23N5O2S/c1-14-13-12(15-6-7-16-13)9-11-5-4-8-18(10-11)21(19,20)17(2)3/h6-7,11H,4-5,8-10H2,1-3H3,(H,14,16). The van der Waals surface area contributed by atoms with Gasteiger partial charge in [0, 0.05) is 46.6 Å². The fourth-order valence-electron chi connectivity index (χ4n) is 2.63. The van der Waals surface area contributed by atoms with E-state index in [1.54, 1.807) is 30.8 Å². The van der Waals surface area contributed by atoms with Gasteiger partial charge in [-0.25, -0.2) is 4.98 Å². The summed E-state index contributed by atoms with van der Waals surface area (Å²) >= 11 is 0. The van der Waals surface area contributed by atoms with Crippen molar-refractivity contribution < 1.29 is 8.42 Å². The normalized spacial score (nSPS) is 20.7. The van der Waals surface area contributed by atoms with E-state index in [0.29, 0.717) is 13.1 Å². The summed E-state index contributed by atoms with van der Waals surface area (Å²) in [6.45, 7) is 1.14. The van der Waals surface area contributed by atoms with Crippen LogP contribution in [0.1, 0.15) is 18.5 Å². The van der Waals surface area contributed by atoms with E-state index in [4.69, 9.17) is 0 Å². The van der Waals surface area contributed by atoms with Gasteiger partial charge in [-0.15, -0.1) is 0 Å². The molecule has 1 unspecified atom stereocenters. The van der Waals surface area contributed by atoms with Gasteiger partial charge in [-0.05, 0) is 25.2 Å². The Morgan fingerprint density at radius 1 is 1.38 bits per heavy atom. The first kappa shape index (κ1) is 16.1. The number of anilines is 1. The molecule has 8 heteroatoms. The topological polar surface area (TPSA) is 78.4 Å². The lowest BCUT2D eigenvalue weighted by atomic mass is 9.94. The van der Waals surface area contributed by atoms with Crippen LogP contribution in [0.25, 0.3) is 0 Å². The van der Waals surface area contributed by atoms with E-state index in [-0.39, 0.29) is 5.92 Å². The molecule has 1 aromatic rings. The molecular weight excluding hydrogens is 290 g/mol. The first-order valence-electron chi connectivity index (χ1n) is 7.10. The highest BCUT2D eigenvalue weighted by molar-refractivity contribution is 7.86. The number of aromatic nitrogens is 2. The van der Waals surface area contributed by atoms with Crippen LogP contribution in [-0.2, 0) is 16.6 Å². The molecule has 0 radical (unpaired) electrons. The molecule has 1 aliphatic rings. The number of nitrogens with zero attached hydrogens (tertiary/aromatic N) is 4. The minimum absolute atomic E-state index is 0.275. The molecule has 0 spiro atoms. The Balaban J connectivity index is 2.08. The minimum atomic E-state index is -3.33. The first-order valence-corrected chi connectivity index (χ1v) is 8.50. The van der Waals surface area contributed by atoms with Crippen molar-refractivity contribution in [1.29, 1.82) is 0 Å². The molecule has 0 amide bonds. The lowest BCUT2D eigenvalue weighted by Crippen LogP contribution is -2.45. The van der Waals surface area contributed by atoms with Gasteiger partial charge in [-0.3, -0.25) is 4.98 Å². The molecule has 118 valence electrons. The van der Waals surface area contributed by atoms with Gasteiger partial charge >= 0.3 is 0 Å². The van der Waals surface area contributed by atoms with Crippen LogP contribution in [0.3, 0.4) is 0 Å². The molecule has 21 heavy (non-hydrogen) atoms. The van der Waals surface area contributed by atoms with Gasteiger partial charge in [0.05, 0.1) is 5.69 Å². The van der Waals surface area contributed by atoms with Crippen LogP contribution in [0.2, 0.25) is 0 Å². The Labute approximate surface area is 126 Å². The molecule has 1 fully saturated rings. The summed E-state index contributed by atoms with van der Waals surface area (Å²) in [4.78, 5) is 8.61. The third-order valence-electron chi connectivity index (χ3n) is 3.76. The van der Waals surface area contributed by atoms with Crippen molar-refractivity contribution in [3.8, 4) is 0 Å². The van der Waals surface area contributed by atoms with E-state index in [2.05, 4.69) is 15.3 Å². The highest BCUT2D eigenvalue weighted by Gasteiger charge is 2.30. The number of piperidine rings is 1. The van der Waals surface area contributed by atoms with Gasteiger partial charge in [-0.2, -0.15) is 17.0 Å². The zero-order chi connectivity index (χ0) is 15.5. The van der Waals surface area contributed by atoms with Gasteiger partial charge in [0.25, 0.3) is 10.2 Å². The molecule has 0 aliphatic carbocycles. The van der Waals surface area contributed by atoms with Crippen molar-refractivity contribution in [3.63, 3.8) is 0 Å². The van der Waals surface area contributed by atoms with Crippen molar-refractivity contribution in [2.45, 2.75) is 19.3 Å². The Morgan fingerprint density at radius 2 is 2.10 bits per heavy atom. The van der Waals surface area contributed by atoms with Crippen LogP contribution < -0.4 is 5.32 Å². The number of hydrogen-bond donors (Lipinski definition) is 1. The third kappa shape index (κ3) is 3.69. The predicted molar refractivity (Wildman–Crippen MR) is 82.2 cm³/mol. The van der Waals surface area contributed by atoms with Gasteiger partial charge in [0.15, 0.2) is 0 Å². The second kappa shape index (κ2) is 6.67. The van der Waals surface area contributed by atoms with Crippen LogP contribution >= 0.6 is 0 Å². The van der Waals surface area contributed by atoms with Crippen molar-refractivity contribution in [3.05, 3.63) is 18.1 Å². The summed E-state index contributed by atoms with van der Waals surface area (Å²) in [5, 5.41) is 3.03. The molecule has 2 heterocycles. The van der Waals surface area contributed by atoms with Crippen molar-refractivity contribution in [2.75, 3.05) is 39.5 Å². The van der Waals surface area contributed by atoms with Crippen LogP contribution in [-0.4, -0.2) is 61.2 Å². The summed E-state index contributed by atoms with van der Waals surface area (Å²) in [7, 11) is 1.63. The average Bonchev–Trinajstić information content (AvgIpc) is 2.48. The van der Waals surface area contributed by atoms with E-state index in [0.717, 1.165) is 30.8 Å². The van der Waals surface area contributed by atoms with Crippen LogP contribution in [0.5, 0.6) is 0 Å². The zero-order valence-corrected chi connectivity index (χ0v) is 13.6. The first-order chi connectivity index (χ1) is 9.95. The summed E-state index contributed by atoms with van der Waals surface area (Å²) < 4.78 is 27.3. The maximum Gasteiger partial charge on any atom is 0.281 e. The highest BCUT2D eigenvalue weighted by Crippen LogP contribution is 2.24. The third-order valence-corrected chi connectivity index (χ3v) is 5.67. The van der Waals surface area contributed by atoms with Crippen molar-refractivity contribution in [1.82, 2.24) is 18.6 Å². The minimum Gasteiger partial charge on any atom is -0.372 e. The van der Waals surface area contributed by atoms with Gasteiger partial charge in [0.1, 0.15) is 5.82 Å². The summed E-state index contributed by atoms with van der Waals surface area (Å²) in [6, 6.07) is 0. The SMILES string of the molecule is CNc1nccnc1CC1CCCN(S(=O)(=O)N(C)C)C1. The van der Waals surface area contributed by atoms with Gasteiger partial charge < -0.3 is 5.32 Å². The monoisotopic (exact) mass is 313 g/mol. The van der Waals surface area contributed by atoms with E-state index < -0.39 is 10.2 Å². The van der Waals surface area contributed by atoms with Crippen LogP contribution in [0.4, 0.5) is 5.82 Å². The molecular formula is C13H23N5O2S. The van der Waals surface area contributed by atoms with Crippen molar-refractivity contribution in [2.24, 2.45) is 5.92 Å². The zero-order valence-electron chi connectivity index (χ0n) is 12.8. The average molecular weight is 313 g/mol. The fraction of sp³-hybridized carbons (Fsp3) is 0.692. The van der Waals surface area contributed by atoms with E-state index in [9.17, 15) is 8.42 Å². The summed E-state index contributed by atoms with van der Waals surface area (Å²) in [5.74, 6) is 1.04. The highest BCUT2D eigenvalue weighted by atomic mass is 32.2. The summed E-state index contributed by atoms with van der Waals surface area (Å²) in [6.07, 6.45) is 5.96.